The Morgan fingerprint density at radius 2 is 2.05 bits per heavy atom. The summed E-state index contributed by atoms with van der Waals surface area (Å²) in [6.45, 7) is 0.672. The topological polar surface area (TPSA) is 65.1 Å². The van der Waals surface area contributed by atoms with Crippen LogP contribution in [0.15, 0.2) is 29.1 Å². The molecular weight excluding hydrogens is 252 g/mol. The molecule has 0 radical (unpaired) electrons. The average molecular weight is 272 g/mol. The molecule has 1 saturated carbocycles. The van der Waals surface area contributed by atoms with Crippen LogP contribution >= 0.6 is 0 Å². The number of H-pyrrole nitrogens is 1. The maximum Gasteiger partial charge on any atom is 0.259 e. The van der Waals surface area contributed by atoms with Crippen molar-refractivity contribution in [2.75, 3.05) is 0 Å². The highest BCUT2D eigenvalue weighted by atomic mass is 16.3. The van der Waals surface area contributed by atoms with Crippen molar-refractivity contribution in [1.29, 1.82) is 0 Å². The predicted octanol–water partition coefficient (Wildman–Crippen LogP) is 2.66. The zero-order chi connectivity index (χ0) is 13.9. The van der Waals surface area contributed by atoms with Crippen LogP contribution in [0.5, 0.6) is 5.75 Å². The van der Waals surface area contributed by atoms with Gasteiger partial charge in [0.25, 0.3) is 5.56 Å². The molecule has 1 aliphatic rings. The first kappa shape index (κ1) is 13.2. The van der Waals surface area contributed by atoms with E-state index in [4.69, 9.17) is 0 Å². The van der Waals surface area contributed by atoms with E-state index in [0.717, 1.165) is 11.1 Å². The van der Waals surface area contributed by atoms with E-state index in [1.165, 1.54) is 38.2 Å². The van der Waals surface area contributed by atoms with Crippen LogP contribution in [0.3, 0.4) is 0 Å². The first-order valence-corrected chi connectivity index (χ1v) is 7.31. The zero-order valence-corrected chi connectivity index (χ0v) is 11.5. The molecule has 3 N–H and O–H groups in total. The molecule has 0 atom stereocenters. The number of fused-ring (bicyclic) bond motifs is 1. The van der Waals surface area contributed by atoms with Gasteiger partial charge < -0.3 is 15.4 Å². The molecule has 1 aliphatic carbocycles. The molecule has 20 heavy (non-hydrogen) atoms. The van der Waals surface area contributed by atoms with Crippen LogP contribution in [0.1, 0.15) is 37.8 Å². The van der Waals surface area contributed by atoms with Gasteiger partial charge in [-0.2, -0.15) is 0 Å². The van der Waals surface area contributed by atoms with Gasteiger partial charge >= 0.3 is 0 Å². The Balaban J connectivity index is 1.80. The number of phenolic OH excluding ortho intramolecular Hbond substituents is 1. The lowest BCUT2D eigenvalue weighted by molar-refractivity contribution is 0.371. The highest BCUT2D eigenvalue weighted by Gasteiger charge is 2.13. The number of hydrogen-bond donors (Lipinski definition) is 3. The fourth-order valence-corrected chi connectivity index (χ4v) is 3.01. The predicted molar refractivity (Wildman–Crippen MR) is 79.9 cm³/mol. The van der Waals surface area contributed by atoms with E-state index in [2.05, 4.69) is 10.3 Å². The van der Waals surface area contributed by atoms with E-state index in [1.54, 1.807) is 6.07 Å². The van der Waals surface area contributed by atoms with Crippen molar-refractivity contribution < 1.29 is 5.11 Å². The Labute approximate surface area is 117 Å². The third-order valence-corrected chi connectivity index (χ3v) is 4.09. The quantitative estimate of drug-likeness (QED) is 0.805. The molecule has 0 amide bonds. The summed E-state index contributed by atoms with van der Waals surface area (Å²) >= 11 is 0. The number of hydrogen-bond acceptors (Lipinski definition) is 3. The number of aromatic nitrogens is 1. The SMILES string of the molecule is O=c1[nH]c(CNC2CCCCC2)cc2cccc(O)c12. The molecule has 106 valence electrons. The van der Waals surface area contributed by atoms with Gasteiger partial charge in [-0.15, -0.1) is 0 Å². The summed E-state index contributed by atoms with van der Waals surface area (Å²) in [7, 11) is 0. The third-order valence-electron chi connectivity index (χ3n) is 4.09. The number of nitrogens with one attached hydrogen (secondary N) is 2. The van der Waals surface area contributed by atoms with Crippen molar-refractivity contribution >= 4 is 10.8 Å². The van der Waals surface area contributed by atoms with Crippen molar-refractivity contribution in [3.05, 3.63) is 40.3 Å². The van der Waals surface area contributed by atoms with Gasteiger partial charge in [0.15, 0.2) is 0 Å². The van der Waals surface area contributed by atoms with Gasteiger partial charge in [0.1, 0.15) is 5.75 Å². The lowest BCUT2D eigenvalue weighted by Gasteiger charge is -2.22. The fraction of sp³-hybridized carbons (Fsp3) is 0.438. The molecule has 0 saturated heterocycles. The highest BCUT2D eigenvalue weighted by Crippen LogP contribution is 2.21. The maximum atomic E-state index is 12.0. The number of aromatic hydroxyl groups is 1. The lowest BCUT2D eigenvalue weighted by atomic mass is 9.95. The van der Waals surface area contributed by atoms with Gasteiger partial charge in [0, 0.05) is 18.3 Å². The zero-order valence-electron chi connectivity index (χ0n) is 11.5. The van der Waals surface area contributed by atoms with E-state index in [9.17, 15) is 9.90 Å². The lowest BCUT2D eigenvalue weighted by Crippen LogP contribution is -2.31. The van der Waals surface area contributed by atoms with E-state index in [0.29, 0.717) is 18.0 Å². The number of rotatable bonds is 3. The van der Waals surface area contributed by atoms with Crippen LogP contribution < -0.4 is 10.9 Å². The highest BCUT2D eigenvalue weighted by molar-refractivity contribution is 5.87. The molecule has 1 heterocycles. The van der Waals surface area contributed by atoms with Gasteiger partial charge in [0.2, 0.25) is 0 Å². The molecule has 1 fully saturated rings. The minimum atomic E-state index is -0.221. The van der Waals surface area contributed by atoms with Gasteiger partial charge in [-0.05, 0) is 30.4 Å². The molecule has 2 aromatic rings. The first-order chi connectivity index (χ1) is 9.74. The molecule has 4 heteroatoms. The molecule has 0 bridgehead atoms. The van der Waals surface area contributed by atoms with Crippen molar-refractivity contribution in [3.8, 4) is 5.75 Å². The van der Waals surface area contributed by atoms with Crippen LogP contribution in [0, 0.1) is 0 Å². The van der Waals surface area contributed by atoms with Gasteiger partial charge in [-0.3, -0.25) is 4.79 Å². The molecule has 3 rings (SSSR count). The van der Waals surface area contributed by atoms with Crippen LogP contribution in [-0.2, 0) is 6.54 Å². The van der Waals surface area contributed by atoms with Crippen LogP contribution in [0.2, 0.25) is 0 Å². The van der Waals surface area contributed by atoms with E-state index in [1.807, 2.05) is 12.1 Å². The molecule has 1 aromatic heterocycles. The molecule has 0 unspecified atom stereocenters. The largest absolute Gasteiger partial charge is 0.507 e. The smallest absolute Gasteiger partial charge is 0.259 e. The standard InChI is InChI=1S/C16H20N2O2/c19-14-8-4-5-11-9-13(18-16(20)15(11)14)10-17-12-6-2-1-3-7-12/h4-5,8-9,12,17,19H,1-3,6-7,10H2,(H,18,20). The fourth-order valence-electron chi connectivity index (χ4n) is 3.01. The summed E-state index contributed by atoms with van der Waals surface area (Å²) in [6, 6.07) is 7.65. The minimum absolute atomic E-state index is 0.0375. The van der Waals surface area contributed by atoms with Crippen molar-refractivity contribution in [2.24, 2.45) is 0 Å². The number of benzene rings is 1. The van der Waals surface area contributed by atoms with Gasteiger partial charge in [0.05, 0.1) is 5.39 Å². The Morgan fingerprint density at radius 1 is 1.25 bits per heavy atom. The first-order valence-electron chi connectivity index (χ1n) is 7.31. The van der Waals surface area contributed by atoms with Gasteiger partial charge in [-0.25, -0.2) is 0 Å². The monoisotopic (exact) mass is 272 g/mol. The van der Waals surface area contributed by atoms with Crippen LogP contribution in [0.4, 0.5) is 0 Å². The Kier molecular flexibility index (Phi) is 3.74. The normalized spacial score (nSPS) is 16.6. The van der Waals surface area contributed by atoms with E-state index < -0.39 is 0 Å². The number of pyridine rings is 1. The minimum Gasteiger partial charge on any atom is -0.507 e. The molecule has 0 spiro atoms. The number of aromatic amines is 1. The Bertz CT molecular complexity index is 657. The van der Waals surface area contributed by atoms with E-state index in [-0.39, 0.29) is 11.3 Å². The second kappa shape index (κ2) is 5.67. The van der Waals surface area contributed by atoms with E-state index >= 15 is 0 Å². The van der Waals surface area contributed by atoms with Crippen molar-refractivity contribution in [1.82, 2.24) is 10.3 Å². The van der Waals surface area contributed by atoms with Crippen LogP contribution in [-0.4, -0.2) is 16.1 Å². The molecule has 4 nitrogen and oxygen atoms in total. The second-order valence-electron chi connectivity index (χ2n) is 5.58. The summed E-state index contributed by atoms with van der Waals surface area (Å²) in [5.74, 6) is 0.0375. The summed E-state index contributed by atoms with van der Waals surface area (Å²) in [5, 5.41) is 14.4. The summed E-state index contributed by atoms with van der Waals surface area (Å²) < 4.78 is 0. The Hall–Kier alpha value is -1.81. The van der Waals surface area contributed by atoms with Crippen molar-refractivity contribution in [2.45, 2.75) is 44.7 Å². The number of phenols is 1. The summed E-state index contributed by atoms with van der Waals surface area (Å²) in [4.78, 5) is 14.9. The van der Waals surface area contributed by atoms with Gasteiger partial charge in [-0.1, -0.05) is 31.4 Å². The maximum absolute atomic E-state index is 12.0. The molecule has 1 aromatic carbocycles. The molecular formula is C16H20N2O2. The summed E-state index contributed by atoms with van der Waals surface area (Å²) in [5.41, 5.74) is 0.653. The Morgan fingerprint density at radius 3 is 2.85 bits per heavy atom. The third kappa shape index (κ3) is 2.70. The molecule has 0 aliphatic heterocycles. The van der Waals surface area contributed by atoms with Crippen molar-refractivity contribution in [3.63, 3.8) is 0 Å². The average Bonchev–Trinajstić information content (AvgIpc) is 2.46. The summed E-state index contributed by atoms with van der Waals surface area (Å²) in [6.07, 6.45) is 6.36. The second-order valence-corrected chi connectivity index (χ2v) is 5.58. The van der Waals surface area contributed by atoms with Crippen LogP contribution in [0.25, 0.3) is 10.8 Å².